The Balaban J connectivity index is 2.07. The highest BCUT2D eigenvalue weighted by Gasteiger charge is 2.14. The van der Waals surface area contributed by atoms with Crippen LogP contribution in [0.3, 0.4) is 0 Å². The van der Waals surface area contributed by atoms with E-state index in [9.17, 15) is 4.79 Å². The quantitative estimate of drug-likeness (QED) is 0.851. The Labute approximate surface area is 130 Å². The van der Waals surface area contributed by atoms with Gasteiger partial charge in [-0.15, -0.1) is 11.3 Å². The first-order valence-corrected chi connectivity index (χ1v) is 8.16. The van der Waals surface area contributed by atoms with Crippen molar-refractivity contribution in [1.82, 2.24) is 5.32 Å². The van der Waals surface area contributed by atoms with Crippen molar-refractivity contribution in [3.8, 4) is 0 Å². The maximum Gasteiger partial charge on any atom is 0.253 e. The van der Waals surface area contributed by atoms with Crippen LogP contribution < -0.4 is 10.6 Å². The summed E-state index contributed by atoms with van der Waals surface area (Å²) in [6.45, 7) is 6.87. The van der Waals surface area contributed by atoms with Crippen molar-refractivity contribution in [1.29, 1.82) is 0 Å². The van der Waals surface area contributed by atoms with Crippen LogP contribution in [0.4, 0.5) is 5.69 Å². The van der Waals surface area contributed by atoms with Crippen LogP contribution in [0.25, 0.3) is 0 Å². The number of hydrogen-bond acceptors (Lipinski definition) is 3. The van der Waals surface area contributed by atoms with E-state index in [1.807, 2.05) is 45.0 Å². The molecule has 1 unspecified atom stereocenters. The number of hydrogen-bond donors (Lipinski definition) is 2. The van der Waals surface area contributed by atoms with Crippen molar-refractivity contribution in [2.75, 3.05) is 11.9 Å². The lowest BCUT2D eigenvalue weighted by atomic mass is 10.1. The van der Waals surface area contributed by atoms with Gasteiger partial charge in [-0.1, -0.05) is 17.7 Å². The Bertz CT molecular complexity index is 593. The van der Waals surface area contributed by atoms with E-state index in [0.717, 1.165) is 29.8 Å². The number of anilines is 1. The molecule has 1 heterocycles. The van der Waals surface area contributed by atoms with E-state index < -0.39 is 0 Å². The summed E-state index contributed by atoms with van der Waals surface area (Å²) < 4.78 is 0. The van der Waals surface area contributed by atoms with Crippen molar-refractivity contribution in [2.24, 2.45) is 0 Å². The van der Waals surface area contributed by atoms with Crippen LogP contribution in [-0.2, 0) is 6.42 Å². The average Bonchev–Trinajstić information content (AvgIpc) is 2.93. The van der Waals surface area contributed by atoms with E-state index in [0.29, 0.717) is 0 Å². The van der Waals surface area contributed by atoms with Gasteiger partial charge in [0.1, 0.15) is 0 Å². The molecule has 4 heteroatoms. The third-order valence-corrected chi connectivity index (χ3v) is 4.15. The number of aryl methyl sites for hydroxylation is 1. The lowest BCUT2D eigenvalue weighted by molar-refractivity contribution is 0.0941. The van der Waals surface area contributed by atoms with Crippen LogP contribution in [0, 0.1) is 6.92 Å². The molecule has 0 saturated heterocycles. The molecule has 0 aliphatic heterocycles. The highest BCUT2D eigenvalue weighted by molar-refractivity contribution is 7.09. The third-order valence-electron chi connectivity index (χ3n) is 3.25. The highest BCUT2D eigenvalue weighted by Crippen LogP contribution is 2.18. The molecule has 1 amide bonds. The smallest absolute Gasteiger partial charge is 0.253 e. The summed E-state index contributed by atoms with van der Waals surface area (Å²) in [5, 5.41) is 8.40. The molecular formula is C17H22N2OS. The van der Waals surface area contributed by atoms with Crippen molar-refractivity contribution in [3.63, 3.8) is 0 Å². The van der Waals surface area contributed by atoms with Gasteiger partial charge in [-0.25, -0.2) is 0 Å². The van der Waals surface area contributed by atoms with E-state index in [1.165, 1.54) is 4.88 Å². The molecule has 2 N–H and O–H groups in total. The number of benzene rings is 1. The zero-order valence-corrected chi connectivity index (χ0v) is 13.6. The minimum absolute atomic E-state index is 0.0151. The topological polar surface area (TPSA) is 41.1 Å². The normalized spacial score (nSPS) is 12.0. The fourth-order valence-corrected chi connectivity index (χ4v) is 3.11. The SMILES string of the molecule is CCNc1ccc(C)cc1C(=O)NC(C)Cc1cccs1. The molecule has 1 atom stereocenters. The van der Waals surface area contributed by atoms with Gasteiger partial charge in [0.15, 0.2) is 0 Å². The Hall–Kier alpha value is -1.81. The molecule has 0 aliphatic carbocycles. The summed E-state index contributed by atoms with van der Waals surface area (Å²) >= 11 is 1.72. The maximum atomic E-state index is 12.5. The van der Waals surface area contributed by atoms with E-state index in [-0.39, 0.29) is 11.9 Å². The van der Waals surface area contributed by atoms with Crippen LogP contribution in [0.5, 0.6) is 0 Å². The molecule has 1 aromatic heterocycles. The number of carbonyl (C=O) groups is 1. The Kier molecular flexibility index (Phi) is 5.39. The number of carbonyl (C=O) groups excluding carboxylic acids is 1. The lowest BCUT2D eigenvalue weighted by Crippen LogP contribution is -2.34. The van der Waals surface area contributed by atoms with Crippen molar-refractivity contribution in [3.05, 3.63) is 51.7 Å². The van der Waals surface area contributed by atoms with Crippen LogP contribution >= 0.6 is 11.3 Å². The highest BCUT2D eigenvalue weighted by atomic mass is 32.1. The first-order valence-electron chi connectivity index (χ1n) is 7.28. The fourth-order valence-electron chi connectivity index (χ4n) is 2.27. The van der Waals surface area contributed by atoms with Crippen molar-refractivity contribution >= 4 is 22.9 Å². The second kappa shape index (κ2) is 7.27. The molecule has 2 rings (SSSR count). The number of rotatable bonds is 6. The van der Waals surface area contributed by atoms with Gasteiger partial charge in [-0.2, -0.15) is 0 Å². The van der Waals surface area contributed by atoms with Crippen LogP contribution in [-0.4, -0.2) is 18.5 Å². The van der Waals surface area contributed by atoms with Gasteiger partial charge >= 0.3 is 0 Å². The second-order valence-corrected chi connectivity index (χ2v) is 6.27. The summed E-state index contributed by atoms with van der Waals surface area (Å²) in [6.07, 6.45) is 0.867. The maximum absolute atomic E-state index is 12.5. The summed E-state index contributed by atoms with van der Waals surface area (Å²) in [7, 11) is 0. The first kappa shape index (κ1) is 15.6. The Morgan fingerprint density at radius 2 is 2.14 bits per heavy atom. The number of amides is 1. The molecule has 0 fully saturated rings. The van der Waals surface area contributed by atoms with Gasteiger partial charge in [0.05, 0.1) is 5.56 Å². The van der Waals surface area contributed by atoms with Crippen LogP contribution in [0.2, 0.25) is 0 Å². The minimum Gasteiger partial charge on any atom is -0.385 e. The molecule has 0 saturated carbocycles. The van der Waals surface area contributed by atoms with Crippen LogP contribution in [0.15, 0.2) is 35.7 Å². The van der Waals surface area contributed by atoms with Gasteiger partial charge < -0.3 is 10.6 Å². The monoisotopic (exact) mass is 302 g/mol. The number of nitrogens with one attached hydrogen (secondary N) is 2. The summed E-state index contributed by atoms with van der Waals surface area (Å²) in [6, 6.07) is 10.2. The van der Waals surface area contributed by atoms with E-state index in [1.54, 1.807) is 11.3 Å². The predicted octanol–water partition coefficient (Wildman–Crippen LogP) is 3.85. The molecule has 0 radical (unpaired) electrons. The average molecular weight is 302 g/mol. The molecule has 2 aromatic rings. The van der Waals surface area contributed by atoms with E-state index in [2.05, 4.69) is 22.1 Å². The molecular weight excluding hydrogens is 280 g/mol. The number of thiophene rings is 1. The molecule has 0 bridgehead atoms. The minimum atomic E-state index is -0.0151. The zero-order valence-electron chi connectivity index (χ0n) is 12.8. The Morgan fingerprint density at radius 3 is 2.81 bits per heavy atom. The summed E-state index contributed by atoms with van der Waals surface area (Å²) in [5.41, 5.74) is 2.70. The zero-order chi connectivity index (χ0) is 15.2. The van der Waals surface area contributed by atoms with Crippen molar-refractivity contribution in [2.45, 2.75) is 33.2 Å². The third kappa shape index (κ3) is 4.33. The molecule has 112 valence electrons. The lowest BCUT2D eigenvalue weighted by Gasteiger charge is -2.16. The molecule has 1 aromatic carbocycles. The van der Waals surface area contributed by atoms with Gasteiger partial charge in [-0.05, 0) is 44.4 Å². The van der Waals surface area contributed by atoms with E-state index >= 15 is 0 Å². The van der Waals surface area contributed by atoms with E-state index in [4.69, 9.17) is 0 Å². The molecule has 21 heavy (non-hydrogen) atoms. The molecule has 3 nitrogen and oxygen atoms in total. The predicted molar refractivity (Wildman–Crippen MR) is 90.3 cm³/mol. The van der Waals surface area contributed by atoms with Gasteiger partial charge in [-0.3, -0.25) is 4.79 Å². The molecule has 0 spiro atoms. The fraction of sp³-hybridized carbons (Fsp3) is 0.353. The standard InChI is InChI=1S/C17H22N2OS/c1-4-18-16-8-7-12(2)10-15(16)17(20)19-13(3)11-14-6-5-9-21-14/h5-10,13,18H,4,11H2,1-3H3,(H,19,20). The molecule has 0 aliphatic rings. The summed E-state index contributed by atoms with van der Waals surface area (Å²) in [4.78, 5) is 13.8. The van der Waals surface area contributed by atoms with Gasteiger partial charge in [0, 0.05) is 29.6 Å². The largest absolute Gasteiger partial charge is 0.385 e. The first-order chi connectivity index (χ1) is 10.1. The Morgan fingerprint density at radius 1 is 1.33 bits per heavy atom. The van der Waals surface area contributed by atoms with Crippen molar-refractivity contribution < 1.29 is 4.79 Å². The van der Waals surface area contributed by atoms with Gasteiger partial charge in [0.25, 0.3) is 5.91 Å². The second-order valence-electron chi connectivity index (χ2n) is 5.24. The van der Waals surface area contributed by atoms with Crippen LogP contribution in [0.1, 0.15) is 34.6 Å². The van der Waals surface area contributed by atoms with Gasteiger partial charge in [0.2, 0.25) is 0 Å². The summed E-state index contributed by atoms with van der Waals surface area (Å²) in [5.74, 6) is -0.0151.